The molecule has 0 aliphatic heterocycles. The molecule has 1 aliphatic carbocycles. The highest BCUT2D eigenvalue weighted by Crippen LogP contribution is 2.31. The van der Waals surface area contributed by atoms with Crippen molar-refractivity contribution in [2.45, 2.75) is 37.6 Å². The van der Waals surface area contributed by atoms with E-state index in [2.05, 4.69) is 11.6 Å². The first kappa shape index (κ1) is 15.8. The first-order chi connectivity index (χ1) is 9.44. The van der Waals surface area contributed by atoms with Gasteiger partial charge in [-0.1, -0.05) is 37.4 Å². The van der Waals surface area contributed by atoms with Crippen molar-refractivity contribution in [3.05, 3.63) is 28.8 Å². The van der Waals surface area contributed by atoms with Gasteiger partial charge < -0.3 is 5.73 Å². The molecule has 3 N–H and O–H groups in total. The number of nitrogens with two attached hydrogens (primary N) is 1. The van der Waals surface area contributed by atoms with Crippen LogP contribution in [0.5, 0.6) is 0 Å². The molecular weight excluding hydrogens is 296 g/mol. The Balaban J connectivity index is 2.13. The predicted molar refractivity (Wildman–Crippen MR) is 81.0 cm³/mol. The third-order valence-electron chi connectivity index (χ3n) is 4.10. The highest BCUT2D eigenvalue weighted by molar-refractivity contribution is 7.89. The predicted octanol–water partition coefficient (Wildman–Crippen LogP) is 2.51. The minimum Gasteiger partial charge on any atom is -0.326 e. The van der Waals surface area contributed by atoms with Crippen LogP contribution in [0, 0.1) is 11.8 Å². The smallest absolute Gasteiger partial charge is 0.242 e. The lowest BCUT2D eigenvalue weighted by atomic mass is 9.99. The number of rotatable bonds is 5. The molecule has 1 aromatic carbocycles. The molecule has 0 amide bonds. The Hall–Kier alpha value is -0.620. The molecule has 0 heterocycles. The van der Waals surface area contributed by atoms with Gasteiger partial charge >= 0.3 is 0 Å². The summed E-state index contributed by atoms with van der Waals surface area (Å²) in [4.78, 5) is 0.118. The molecule has 1 aliphatic rings. The van der Waals surface area contributed by atoms with E-state index in [-0.39, 0.29) is 9.92 Å². The molecule has 0 bridgehead atoms. The standard InChI is InChI=1S/C14H21ClN2O2S/c1-10-3-2-4-12(10)9-17-20(18,19)14-7-11(8-16)5-6-13(14)15/h5-7,10,12,17H,2-4,8-9,16H2,1H3. The summed E-state index contributed by atoms with van der Waals surface area (Å²) in [7, 11) is -3.57. The normalized spacial score (nSPS) is 23.1. The molecule has 6 heteroatoms. The summed E-state index contributed by atoms with van der Waals surface area (Å²) < 4.78 is 27.4. The Morgan fingerprint density at radius 1 is 1.40 bits per heavy atom. The number of hydrogen-bond acceptors (Lipinski definition) is 3. The van der Waals surface area contributed by atoms with Crippen molar-refractivity contribution in [3.8, 4) is 0 Å². The van der Waals surface area contributed by atoms with Crippen LogP contribution in [0.25, 0.3) is 0 Å². The number of benzene rings is 1. The first-order valence-electron chi connectivity index (χ1n) is 6.92. The Labute approximate surface area is 125 Å². The zero-order valence-electron chi connectivity index (χ0n) is 11.6. The molecule has 1 saturated carbocycles. The third-order valence-corrected chi connectivity index (χ3v) is 6.00. The SMILES string of the molecule is CC1CCCC1CNS(=O)(=O)c1cc(CN)ccc1Cl. The van der Waals surface area contributed by atoms with Crippen molar-refractivity contribution in [3.63, 3.8) is 0 Å². The second kappa shape index (κ2) is 6.43. The molecule has 1 fully saturated rings. The van der Waals surface area contributed by atoms with Gasteiger partial charge in [-0.05, 0) is 36.0 Å². The fourth-order valence-corrected chi connectivity index (χ4v) is 4.34. The van der Waals surface area contributed by atoms with Crippen LogP contribution in [0.15, 0.2) is 23.1 Å². The average molecular weight is 317 g/mol. The second-order valence-corrected chi connectivity index (χ2v) is 7.63. The van der Waals surface area contributed by atoms with Gasteiger partial charge in [0.15, 0.2) is 0 Å². The van der Waals surface area contributed by atoms with E-state index in [0.29, 0.717) is 24.9 Å². The molecule has 4 nitrogen and oxygen atoms in total. The van der Waals surface area contributed by atoms with Crippen LogP contribution >= 0.6 is 11.6 Å². The molecule has 0 saturated heterocycles. The molecule has 1 aromatic rings. The highest BCUT2D eigenvalue weighted by Gasteiger charge is 2.26. The largest absolute Gasteiger partial charge is 0.326 e. The Kier molecular flexibility index (Phi) is 5.07. The molecule has 112 valence electrons. The van der Waals surface area contributed by atoms with E-state index in [1.165, 1.54) is 12.8 Å². The van der Waals surface area contributed by atoms with Gasteiger partial charge in [0.1, 0.15) is 4.90 Å². The zero-order valence-corrected chi connectivity index (χ0v) is 13.2. The molecule has 2 atom stereocenters. The summed E-state index contributed by atoms with van der Waals surface area (Å²) in [5.41, 5.74) is 6.30. The summed E-state index contributed by atoms with van der Waals surface area (Å²) in [6.07, 6.45) is 3.44. The van der Waals surface area contributed by atoms with Crippen molar-refractivity contribution < 1.29 is 8.42 Å². The minimum atomic E-state index is -3.57. The Bertz CT molecular complexity index is 575. The lowest BCUT2D eigenvalue weighted by Crippen LogP contribution is -2.30. The van der Waals surface area contributed by atoms with Gasteiger partial charge in [-0.25, -0.2) is 13.1 Å². The quantitative estimate of drug-likeness (QED) is 0.876. The molecule has 0 radical (unpaired) electrons. The van der Waals surface area contributed by atoms with E-state index in [1.807, 2.05) is 0 Å². The first-order valence-corrected chi connectivity index (χ1v) is 8.78. The van der Waals surface area contributed by atoms with Crippen LogP contribution in [0.3, 0.4) is 0 Å². The number of hydrogen-bond donors (Lipinski definition) is 2. The maximum Gasteiger partial charge on any atom is 0.242 e. The third kappa shape index (κ3) is 3.52. The van der Waals surface area contributed by atoms with Crippen LogP contribution < -0.4 is 10.5 Å². The fraction of sp³-hybridized carbons (Fsp3) is 0.571. The molecule has 2 unspecified atom stereocenters. The maximum absolute atomic E-state index is 12.3. The van der Waals surface area contributed by atoms with E-state index in [0.717, 1.165) is 12.0 Å². The van der Waals surface area contributed by atoms with Gasteiger partial charge in [0.2, 0.25) is 10.0 Å². The lowest BCUT2D eigenvalue weighted by molar-refractivity contribution is 0.414. The van der Waals surface area contributed by atoms with Crippen molar-refractivity contribution in [2.24, 2.45) is 17.6 Å². The van der Waals surface area contributed by atoms with E-state index < -0.39 is 10.0 Å². The second-order valence-electron chi connectivity index (χ2n) is 5.49. The molecule has 2 rings (SSSR count). The number of halogens is 1. The van der Waals surface area contributed by atoms with Crippen molar-refractivity contribution in [2.75, 3.05) is 6.54 Å². The summed E-state index contributed by atoms with van der Waals surface area (Å²) in [6.45, 7) is 2.94. The summed E-state index contributed by atoms with van der Waals surface area (Å²) in [5, 5.41) is 0.231. The van der Waals surface area contributed by atoms with E-state index in [4.69, 9.17) is 17.3 Å². The van der Waals surface area contributed by atoms with Crippen molar-refractivity contribution in [1.29, 1.82) is 0 Å². The van der Waals surface area contributed by atoms with E-state index >= 15 is 0 Å². The number of sulfonamides is 1. The molecule has 20 heavy (non-hydrogen) atoms. The van der Waals surface area contributed by atoms with E-state index in [9.17, 15) is 8.42 Å². The van der Waals surface area contributed by atoms with Gasteiger partial charge in [0.25, 0.3) is 0 Å². The zero-order chi connectivity index (χ0) is 14.8. The van der Waals surface area contributed by atoms with E-state index in [1.54, 1.807) is 18.2 Å². The van der Waals surface area contributed by atoms with Crippen LogP contribution in [0.2, 0.25) is 5.02 Å². The van der Waals surface area contributed by atoms with Gasteiger partial charge in [-0.15, -0.1) is 0 Å². The maximum atomic E-state index is 12.3. The fourth-order valence-electron chi connectivity index (χ4n) is 2.70. The van der Waals surface area contributed by atoms with Gasteiger partial charge in [-0.3, -0.25) is 0 Å². The van der Waals surface area contributed by atoms with Crippen molar-refractivity contribution in [1.82, 2.24) is 4.72 Å². The number of nitrogens with one attached hydrogen (secondary N) is 1. The van der Waals surface area contributed by atoms with Crippen LogP contribution in [0.1, 0.15) is 31.7 Å². The van der Waals surface area contributed by atoms with Crippen molar-refractivity contribution >= 4 is 21.6 Å². The van der Waals surface area contributed by atoms with Gasteiger partial charge in [0.05, 0.1) is 5.02 Å². The van der Waals surface area contributed by atoms with Crippen LogP contribution in [-0.2, 0) is 16.6 Å². The average Bonchev–Trinajstić information content (AvgIpc) is 2.82. The minimum absolute atomic E-state index is 0.118. The lowest BCUT2D eigenvalue weighted by Gasteiger charge is -2.16. The van der Waals surface area contributed by atoms with Crippen LogP contribution in [0.4, 0.5) is 0 Å². The summed E-state index contributed by atoms with van der Waals surface area (Å²) in [5.74, 6) is 0.991. The van der Waals surface area contributed by atoms with Crippen LogP contribution in [-0.4, -0.2) is 15.0 Å². The summed E-state index contributed by atoms with van der Waals surface area (Å²) >= 11 is 6.00. The molecule has 0 aromatic heterocycles. The van der Waals surface area contributed by atoms with Gasteiger partial charge in [0, 0.05) is 13.1 Å². The van der Waals surface area contributed by atoms with Gasteiger partial charge in [-0.2, -0.15) is 0 Å². The Morgan fingerprint density at radius 3 is 2.75 bits per heavy atom. The molecule has 0 spiro atoms. The summed E-state index contributed by atoms with van der Waals surface area (Å²) in [6, 6.07) is 4.86. The highest BCUT2D eigenvalue weighted by atomic mass is 35.5. The monoisotopic (exact) mass is 316 g/mol. The Morgan fingerprint density at radius 2 is 2.15 bits per heavy atom. The molecular formula is C14H21ClN2O2S. The topological polar surface area (TPSA) is 72.2 Å².